The third kappa shape index (κ3) is 4.28. The van der Waals surface area contributed by atoms with Crippen molar-refractivity contribution in [2.75, 3.05) is 11.9 Å². The summed E-state index contributed by atoms with van der Waals surface area (Å²) in [6.45, 7) is 1.46. The molecule has 126 valence electrons. The van der Waals surface area contributed by atoms with Crippen LogP contribution in [0.25, 0.3) is 0 Å². The third-order valence-electron chi connectivity index (χ3n) is 3.44. The summed E-state index contributed by atoms with van der Waals surface area (Å²) >= 11 is 0. The zero-order chi connectivity index (χ0) is 17.7. The molecule has 0 heterocycles. The van der Waals surface area contributed by atoms with Crippen LogP contribution in [0.15, 0.2) is 42.5 Å². The normalized spacial score (nSPS) is 11.6. The topological polar surface area (TPSA) is 84.2 Å². The number of benzene rings is 2. The first-order chi connectivity index (χ1) is 11.4. The highest BCUT2D eigenvalue weighted by Crippen LogP contribution is 2.18. The molecule has 0 radical (unpaired) electrons. The number of hydrogen-bond acceptors (Lipinski definition) is 3. The monoisotopic (exact) mass is 333 g/mol. The molecule has 2 aromatic carbocycles. The highest BCUT2D eigenvalue weighted by atomic mass is 19.1. The van der Waals surface area contributed by atoms with E-state index in [-0.39, 0.29) is 17.7 Å². The lowest BCUT2D eigenvalue weighted by Gasteiger charge is -2.16. The average Bonchev–Trinajstić information content (AvgIpc) is 2.52. The first-order valence-electron chi connectivity index (χ1n) is 7.25. The molecule has 0 aliphatic carbocycles. The maximum absolute atomic E-state index is 13.7. The van der Waals surface area contributed by atoms with Crippen LogP contribution in [0.1, 0.15) is 28.9 Å². The van der Waals surface area contributed by atoms with Gasteiger partial charge in [0.25, 0.3) is 5.91 Å². The molecule has 0 aromatic heterocycles. The van der Waals surface area contributed by atoms with Crippen LogP contribution < -0.4 is 16.4 Å². The van der Waals surface area contributed by atoms with E-state index in [2.05, 4.69) is 10.6 Å². The minimum Gasteiger partial charge on any atom is -0.376 e. The van der Waals surface area contributed by atoms with Gasteiger partial charge in [0.05, 0.1) is 18.2 Å². The molecule has 24 heavy (non-hydrogen) atoms. The summed E-state index contributed by atoms with van der Waals surface area (Å²) in [6.07, 6.45) is 0. The van der Waals surface area contributed by atoms with Crippen LogP contribution in [0.4, 0.5) is 14.5 Å². The van der Waals surface area contributed by atoms with E-state index in [0.29, 0.717) is 5.69 Å². The lowest BCUT2D eigenvalue weighted by molar-refractivity contribution is -0.120. The van der Waals surface area contributed by atoms with Gasteiger partial charge < -0.3 is 16.4 Å². The van der Waals surface area contributed by atoms with E-state index in [1.165, 1.54) is 6.07 Å². The van der Waals surface area contributed by atoms with E-state index >= 15 is 0 Å². The van der Waals surface area contributed by atoms with Gasteiger partial charge in [0.2, 0.25) is 5.91 Å². The van der Waals surface area contributed by atoms with E-state index < -0.39 is 29.5 Å². The van der Waals surface area contributed by atoms with Crippen molar-refractivity contribution in [3.8, 4) is 0 Å². The number of nitrogens with two attached hydrogens (primary N) is 1. The second-order valence-electron chi connectivity index (χ2n) is 5.22. The van der Waals surface area contributed by atoms with Crippen LogP contribution in [0.2, 0.25) is 0 Å². The van der Waals surface area contributed by atoms with Gasteiger partial charge in [-0.15, -0.1) is 0 Å². The minimum absolute atomic E-state index is 0.128. The maximum atomic E-state index is 13.7. The fourth-order valence-corrected chi connectivity index (χ4v) is 2.25. The molecule has 2 amide bonds. The van der Waals surface area contributed by atoms with Gasteiger partial charge in [-0.3, -0.25) is 9.59 Å². The molecular formula is C17H17F2N3O2. The number of rotatable bonds is 6. The highest BCUT2D eigenvalue weighted by Gasteiger charge is 2.15. The van der Waals surface area contributed by atoms with Crippen LogP contribution in [0, 0.1) is 11.6 Å². The van der Waals surface area contributed by atoms with Gasteiger partial charge in [-0.1, -0.05) is 18.2 Å². The first kappa shape index (κ1) is 17.4. The van der Waals surface area contributed by atoms with Crippen LogP contribution in [-0.2, 0) is 4.79 Å². The van der Waals surface area contributed by atoms with Gasteiger partial charge in [0.15, 0.2) is 0 Å². The molecule has 4 N–H and O–H groups in total. The molecular weight excluding hydrogens is 316 g/mol. The fraction of sp³-hybridized carbons (Fsp3) is 0.176. The lowest BCUT2D eigenvalue weighted by atomic mass is 10.1. The van der Waals surface area contributed by atoms with Crippen LogP contribution in [-0.4, -0.2) is 18.4 Å². The van der Waals surface area contributed by atoms with E-state index in [0.717, 1.165) is 12.1 Å². The summed E-state index contributed by atoms with van der Waals surface area (Å²) in [5.74, 6) is -2.43. The number of amides is 2. The molecule has 0 spiro atoms. The molecule has 0 saturated carbocycles. The lowest BCUT2D eigenvalue weighted by Crippen LogP contribution is -2.32. The predicted octanol–water partition coefficient (Wildman–Crippen LogP) is 2.35. The number of primary amides is 1. The Labute approximate surface area is 137 Å². The fourth-order valence-electron chi connectivity index (χ4n) is 2.25. The largest absolute Gasteiger partial charge is 0.376 e. The predicted molar refractivity (Wildman–Crippen MR) is 86.4 cm³/mol. The smallest absolute Gasteiger partial charge is 0.250 e. The van der Waals surface area contributed by atoms with Crippen molar-refractivity contribution in [2.45, 2.75) is 13.0 Å². The Morgan fingerprint density at radius 2 is 1.88 bits per heavy atom. The van der Waals surface area contributed by atoms with E-state index in [4.69, 9.17) is 5.73 Å². The summed E-state index contributed by atoms with van der Waals surface area (Å²) in [7, 11) is 0. The Morgan fingerprint density at radius 1 is 1.17 bits per heavy atom. The highest BCUT2D eigenvalue weighted by molar-refractivity contribution is 5.99. The van der Waals surface area contributed by atoms with Gasteiger partial charge in [0.1, 0.15) is 11.6 Å². The van der Waals surface area contributed by atoms with Crippen molar-refractivity contribution in [3.05, 3.63) is 65.2 Å². The number of nitrogens with one attached hydrogen (secondary N) is 2. The minimum atomic E-state index is -0.727. The third-order valence-corrected chi connectivity index (χ3v) is 3.44. The van der Waals surface area contributed by atoms with Crippen molar-refractivity contribution in [2.24, 2.45) is 5.73 Å². The maximum Gasteiger partial charge on any atom is 0.250 e. The second kappa shape index (κ2) is 7.54. The van der Waals surface area contributed by atoms with E-state index in [1.807, 2.05) is 0 Å². The van der Waals surface area contributed by atoms with Gasteiger partial charge in [-0.05, 0) is 25.1 Å². The summed E-state index contributed by atoms with van der Waals surface area (Å²) in [4.78, 5) is 23.3. The molecule has 0 bridgehead atoms. The average molecular weight is 333 g/mol. The van der Waals surface area contributed by atoms with Crippen LogP contribution in [0.5, 0.6) is 0 Å². The van der Waals surface area contributed by atoms with Crippen molar-refractivity contribution in [1.82, 2.24) is 5.32 Å². The molecule has 2 aromatic rings. The van der Waals surface area contributed by atoms with Crippen LogP contribution in [0.3, 0.4) is 0 Å². The van der Waals surface area contributed by atoms with Crippen molar-refractivity contribution < 1.29 is 18.4 Å². The second-order valence-corrected chi connectivity index (χ2v) is 5.22. The molecule has 7 heteroatoms. The first-order valence-corrected chi connectivity index (χ1v) is 7.25. The van der Waals surface area contributed by atoms with E-state index in [1.54, 1.807) is 31.2 Å². The molecule has 1 unspecified atom stereocenters. The number of carbonyl (C=O) groups excluding carboxylic acids is 2. The number of carbonyl (C=O) groups is 2. The van der Waals surface area contributed by atoms with Gasteiger partial charge in [0, 0.05) is 17.3 Å². The standard InChI is InChI=1S/C17H17F2N3O2/c1-10(12-7-6-11(18)8-14(12)19)22-16(23)9-21-15-5-3-2-4-13(15)17(20)24/h2-8,10,21H,9H2,1H3,(H2,20,24)(H,22,23). The molecule has 0 fully saturated rings. The van der Waals surface area contributed by atoms with Crippen molar-refractivity contribution in [3.63, 3.8) is 0 Å². The molecule has 0 aliphatic rings. The van der Waals surface area contributed by atoms with Gasteiger partial charge >= 0.3 is 0 Å². The summed E-state index contributed by atoms with van der Waals surface area (Å²) in [6, 6.07) is 9.06. The molecule has 0 saturated heterocycles. The van der Waals surface area contributed by atoms with Crippen LogP contribution >= 0.6 is 0 Å². The quantitative estimate of drug-likeness (QED) is 0.759. The number of anilines is 1. The molecule has 5 nitrogen and oxygen atoms in total. The Morgan fingerprint density at radius 3 is 2.54 bits per heavy atom. The van der Waals surface area contributed by atoms with Gasteiger partial charge in [-0.25, -0.2) is 8.78 Å². The Kier molecular flexibility index (Phi) is 5.47. The van der Waals surface area contributed by atoms with E-state index in [9.17, 15) is 18.4 Å². The number of para-hydroxylation sites is 1. The molecule has 1 atom stereocenters. The Hall–Kier alpha value is -2.96. The molecule has 0 aliphatic heterocycles. The Bertz CT molecular complexity index is 765. The number of halogens is 2. The van der Waals surface area contributed by atoms with Crippen molar-refractivity contribution >= 4 is 17.5 Å². The zero-order valence-corrected chi connectivity index (χ0v) is 13.0. The van der Waals surface area contributed by atoms with Gasteiger partial charge in [-0.2, -0.15) is 0 Å². The Balaban J connectivity index is 1.97. The summed E-state index contributed by atoms with van der Waals surface area (Å²) in [5.41, 5.74) is 6.14. The molecule has 2 rings (SSSR count). The van der Waals surface area contributed by atoms with Crippen molar-refractivity contribution in [1.29, 1.82) is 0 Å². The summed E-state index contributed by atoms with van der Waals surface area (Å²) in [5, 5.41) is 5.40. The zero-order valence-electron chi connectivity index (χ0n) is 13.0. The summed E-state index contributed by atoms with van der Waals surface area (Å²) < 4.78 is 26.6. The number of hydrogen-bond donors (Lipinski definition) is 3. The SMILES string of the molecule is CC(NC(=O)CNc1ccccc1C(N)=O)c1ccc(F)cc1F.